The zero-order valence-electron chi connectivity index (χ0n) is 11.4. The smallest absolute Gasteiger partial charge is 0.265 e. The lowest BCUT2D eigenvalue weighted by Gasteiger charge is -2.02. The molecule has 0 bridgehead atoms. The van der Waals surface area contributed by atoms with Crippen LogP contribution in [0.4, 0.5) is 5.69 Å². The molecule has 2 aromatic heterocycles. The lowest BCUT2D eigenvalue weighted by atomic mass is 10.2. The average molecular weight is 328 g/mol. The fraction of sp³-hybridized carbons (Fsp3) is 0. The lowest BCUT2D eigenvalue weighted by Crippen LogP contribution is -2.15. The lowest BCUT2D eigenvalue weighted by molar-refractivity contribution is 0.100. The maximum Gasteiger partial charge on any atom is 0.265 e. The monoisotopic (exact) mass is 328 g/mol. The predicted octanol–water partition coefficient (Wildman–Crippen LogP) is 3.83. The van der Waals surface area contributed by atoms with Gasteiger partial charge in [-0.05, 0) is 23.1 Å². The van der Waals surface area contributed by atoms with Crippen LogP contribution in [-0.4, -0.2) is 11.8 Å². The Kier molecular flexibility index (Phi) is 4.04. The fourth-order valence-electron chi connectivity index (χ4n) is 2.00. The van der Waals surface area contributed by atoms with Gasteiger partial charge in [0.05, 0.1) is 10.6 Å². The molecule has 4 nitrogen and oxygen atoms in total. The number of hydrogen-bond acceptors (Lipinski definition) is 4. The summed E-state index contributed by atoms with van der Waals surface area (Å²) in [5.41, 5.74) is 6.86. The first-order chi connectivity index (χ1) is 10.6. The van der Waals surface area contributed by atoms with Crippen LogP contribution in [0.3, 0.4) is 0 Å². The van der Waals surface area contributed by atoms with Crippen LogP contribution < -0.4 is 11.1 Å². The minimum absolute atomic E-state index is 0.241. The number of nitrogens with one attached hydrogen (secondary N) is 1. The van der Waals surface area contributed by atoms with Crippen LogP contribution in [0.2, 0.25) is 0 Å². The van der Waals surface area contributed by atoms with Crippen molar-refractivity contribution in [1.29, 1.82) is 0 Å². The molecule has 22 heavy (non-hydrogen) atoms. The van der Waals surface area contributed by atoms with E-state index >= 15 is 0 Å². The number of carbonyl (C=O) groups is 2. The summed E-state index contributed by atoms with van der Waals surface area (Å²) in [5, 5.41) is 4.59. The highest BCUT2D eigenvalue weighted by Crippen LogP contribution is 2.34. The summed E-state index contributed by atoms with van der Waals surface area (Å²) in [7, 11) is 0. The summed E-state index contributed by atoms with van der Waals surface area (Å²) in [4.78, 5) is 25.6. The maximum atomic E-state index is 12.1. The summed E-state index contributed by atoms with van der Waals surface area (Å²) in [5.74, 6) is -0.788. The molecule has 0 saturated heterocycles. The van der Waals surface area contributed by atoms with Crippen LogP contribution in [0.25, 0.3) is 10.4 Å². The van der Waals surface area contributed by atoms with Gasteiger partial charge in [0.2, 0.25) is 0 Å². The minimum Gasteiger partial charge on any atom is -0.365 e. The Balaban J connectivity index is 1.95. The van der Waals surface area contributed by atoms with Gasteiger partial charge in [0.1, 0.15) is 4.88 Å². The standard InChI is InChI=1S/C16H12N2O2S2/c17-15(19)14-11(18-16(20)12-7-4-8-21-12)9-13(22-14)10-5-2-1-3-6-10/h1-9H,(H2,17,19)(H,18,20). The molecule has 0 fully saturated rings. The highest BCUT2D eigenvalue weighted by molar-refractivity contribution is 7.18. The van der Waals surface area contributed by atoms with Gasteiger partial charge < -0.3 is 11.1 Å². The Labute approximate surface area is 135 Å². The third-order valence-electron chi connectivity index (χ3n) is 3.01. The molecule has 0 saturated carbocycles. The molecule has 1 aromatic carbocycles. The van der Waals surface area contributed by atoms with Gasteiger partial charge in [0.15, 0.2) is 0 Å². The van der Waals surface area contributed by atoms with E-state index in [-0.39, 0.29) is 5.91 Å². The summed E-state index contributed by atoms with van der Waals surface area (Å²) >= 11 is 2.62. The predicted molar refractivity (Wildman–Crippen MR) is 90.5 cm³/mol. The van der Waals surface area contributed by atoms with Crippen molar-refractivity contribution in [3.63, 3.8) is 0 Å². The molecule has 0 unspecified atom stereocenters. The summed E-state index contributed by atoms with van der Waals surface area (Å²) < 4.78 is 0. The molecule has 2 amide bonds. The van der Waals surface area contributed by atoms with Gasteiger partial charge in [0, 0.05) is 4.88 Å². The second kappa shape index (κ2) is 6.13. The third kappa shape index (κ3) is 2.93. The van der Waals surface area contributed by atoms with Crippen molar-refractivity contribution in [3.05, 3.63) is 63.7 Å². The summed E-state index contributed by atoms with van der Waals surface area (Å²) in [6, 6.07) is 15.0. The number of primary amides is 1. The van der Waals surface area contributed by atoms with Crippen molar-refractivity contribution >= 4 is 40.2 Å². The molecule has 110 valence electrons. The normalized spacial score (nSPS) is 10.4. The van der Waals surface area contributed by atoms with Crippen molar-refractivity contribution < 1.29 is 9.59 Å². The summed E-state index contributed by atoms with van der Waals surface area (Å²) in [6.45, 7) is 0. The summed E-state index contributed by atoms with van der Waals surface area (Å²) in [6.07, 6.45) is 0. The Hall–Kier alpha value is -2.44. The van der Waals surface area contributed by atoms with E-state index in [0.717, 1.165) is 10.4 Å². The number of amides is 2. The van der Waals surface area contributed by atoms with E-state index in [2.05, 4.69) is 5.32 Å². The first-order valence-corrected chi connectivity index (χ1v) is 8.18. The van der Waals surface area contributed by atoms with Crippen LogP contribution in [0, 0.1) is 0 Å². The number of thiophene rings is 2. The van der Waals surface area contributed by atoms with Crippen LogP contribution in [0.1, 0.15) is 19.3 Å². The number of nitrogens with two attached hydrogens (primary N) is 1. The Bertz CT molecular complexity index is 808. The number of rotatable bonds is 4. The van der Waals surface area contributed by atoms with E-state index in [0.29, 0.717) is 15.4 Å². The molecule has 0 spiro atoms. The van der Waals surface area contributed by atoms with Crippen molar-refractivity contribution in [3.8, 4) is 10.4 Å². The van der Waals surface area contributed by atoms with E-state index in [9.17, 15) is 9.59 Å². The Morgan fingerprint density at radius 2 is 1.82 bits per heavy atom. The molecule has 3 rings (SSSR count). The van der Waals surface area contributed by atoms with Gasteiger partial charge >= 0.3 is 0 Å². The Morgan fingerprint density at radius 1 is 1.05 bits per heavy atom. The first-order valence-electron chi connectivity index (χ1n) is 6.49. The molecular formula is C16H12N2O2S2. The molecule has 2 heterocycles. The third-order valence-corrected chi connectivity index (χ3v) is 5.07. The quantitative estimate of drug-likeness (QED) is 0.764. The molecule has 0 atom stereocenters. The average Bonchev–Trinajstić information content (AvgIpc) is 3.17. The number of hydrogen-bond donors (Lipinski definition) is 2. The highest BCUT2D eigenvalue weighted by atomic mass is 32.1. The zero-order valence-corrected chi connectivity index (χ0v) is 13.0. The van der Waals surface area contributed by atoms with Gasteiger partial charge in [-0.15, -0.1) is 22.7 Å². The van der Waals surface area contributed by atoms with Crippen molar-refractivity contribution in [1.82, 2.24) is 0 Å². The van der Waals surface area contributed by atoms with Gasteiger partial charge in [-0.25, -0.2) is 0 Å². The van der Waals surface area contributed by atoms with Crippen LogP contribution >= 0.6 is 22.7 Å². The fourth-order valence-corrected chi connectivity index (χ4v) is 3.59. The van der Waals surface area contributed by atoms with Crippen molar-refractivity contribution in [2.24, 2.45) is 5.73 Å². The largest absolute Gasteiger partial charge is 0.365 e. The molecule has 0 aliphatic carbocycles. The molecule has 0 aliphatic heterocycles. The van der Waals surface area contributed by atoms with E-state index in [1.54, 1.807) is 18.2 Å². The molecule has 0 radical (unpaired) electrons. The SMILES string of the molecule is NC(=O)c1sc(-c2ccccc2)cc1NC(=O)c1cccs1. The van der Waals surface area contributed by atoms with E-state index in [1.807, 2.05) is 35.7 Å². The number of benzene rings is 1. The molecule has 0 aliphatic rings. The van der Waals surface area contributed by atoms with E-state index < -0.39 is 5.91 Å². The maximum absolute atomic E-state index is 12.1. The van der Waals surface area contributed by atoms with Gasteiger partial charge in [0.25, 0.3) is 11.8 Å². The van der Waals surface area contributed by atoms with Crippen LogP contribution in [0.5, 0.6) is 0 Å². The first kappa shape index (κ1) is 14.5. The number of anilines is 1. The van der Waals surface area contributed by atoms with Crippen molar-refractivity contribution in [2.75, 3.05) is 5.32 Å². The van der Waals surface area contributed by atoms with Crippen LogP contribution in [-0.2, 0) is 0 Å². The number of carbonyl (C=O) groups excluding carboxylic acids is 2. The molecular weight excluding hydrogens is 316 g/mol. The highest BCUT2D eigenvalue weighted by Gasteiger charge is 2.17. The molecule has 3 N–H and O–H groups in total. The van der Waals surface area contributed by atoms with E-state index in [1.165, 1.54) is 22.7 Å². The van der Waals surface area contributed by atoms with E-state index in [4.69, 9.17) is 5.73 Å². The van der Waals surface area contributed by atoms with Crippen LogP contribution in [0.15, 0.2) is 53.9 Å². The second-order valence-electron chi connectivity index (χ2n) is 4.52. The minimum atomic E-state index is -0.548. The van der Waals surface area contributed by atoms with Gasteiger partial charge in [-0.1, -0.05) is 36.4 Å². The zero-order chi connectivity index (χ0) is 15.5. The topological polar surface area (TPSA) is 72.2 Å². The molecule has 6 heteroatoms. The van der Waals surface area contributed by atoms with Gasteiger partial charge in [-0.3, -0.25) is 9.59 Å². The molecule has 3 aromatic rings. The Morgan fingerprint density at radius 3 is 2.45 bits per heavy atom. The van der Waals surface area contributed by atoms with Crippen molar-refractivity contribution in [2.45, 2.75) is 0 Å². The van der Waals surface area contributed by atoms with Gasteiger partial charge in [-0.2, -0.15) is 0 Å². The second-order valence-corrected chi connectivity index (χ2v) is 6.52.